The van der Waals surface area contributed by atoms with E-state index in [-0.39, 0.29) is 5.91 Å². The van der Waals surface area contributed by atoms with Crippen LogP contribution in [0.5, 0.6) is 5.75 Å². The molecule has 23 heavy (non-hydrogen) atoms. The van der Waals surface area contributed by atoms with Gasteiger partial charge in [0.1, 0.15) is 17.9 Å². The molecule has 1 aromatic heterocycles. The quantitative estimate of drug-likeness (QED) is 0.718. The lowest BCUT2D eigenvalue weighted by atomic mass is 10.2. The second kappa shape index (κ2) is 6.57. The van der Waals surface area contributed by atoms with E-state index in [9.17, 15) is 4.79 Å². The Bertz CT molecular complexity index is 789. The van der Waals surface area contributed by atoms with E-state index in [1.54, 1.807) is 18.0 Å². The lowest BCUT2D eigenvalue weighted by molar-refractivity contribution is 0.0744. The number of furan rings is 1. The molecule has 0 bridgehead atoms. The largest absolute Gasteiger partial charge is 0.491 e. The van der Waals surface area contributed by atoms with Gasteiger partial charge in [-0.2, -0.15) is 0 Å². The molecule has 3 aromatic rings. The summed E-state index contributed by atoms with van der Waals surface area (Å²) < 4.78 is 11.3. The van der Waals surface area contributed by atoms with Crippen LogP contribution < -0.4 is 4.74 Å². The fraction of sp³-hybridized carbons (Fsp3) is 0.211. The predicted octanol–water partition coefficient (Wildman–Crippen LogP) is 3.89. The normalized spacial score (nSPS) is 10.7. The summed E-state index contributed by atoms with van der Waals surface area (Å²) in [4.78, 5) is 14.0. The zero-order chi connectivity index (χ0) is 16.2. The number of ether oxygens (including phenoxy) is 1. The Kier molecular flexibility index (Phi) is 4.33. The molecular formula is C19H19NO3. The maximum absolute atomic E-state index is 12.4. The minimum Gasteiger partial charge on any atom is -0.491 e. The summed E-state index contributed by atoms with van der Waals surface area (Å²) in [7, 11) is 1.75. The molecule has 0 fully saturated rings. The molecule has 0 aliphatic heterocycles. The van der Waals surface area contributed by atoms with E-state index in [2.05, 4.69) is 0 Å². The highest BCUT2D eigenvalue weighted by Gasteiger charge is 2.16. The van der Waals surface area contributed by atoms with E-state index >= 15 is 0 Å². The van der Waals surface area contributed by atoms with E-state index in [0.717, 1.165) is 22.3 Å². The molecule has 0 atom stereocenters. The van der Waals surface area contributed by atoms with Gasteiger partial charge in [0.2, 0.25) is 0 Å². The molecule has 0 aliphatic carbocycles. The minimum atomic E-state index is -0.144. The molecule has 4 nitrogen and oxygen atoms in total. The van der Waals surface area contributed by atoms with Crippen molar-refractivity contribution < 1.29 is 13.9 Å². The van der Waals surface area contributed by atoms with Crippen LogP contribution in [-0.4, -0.2) is 31.0 Å². The number of rotatable bonds is 5. The van der Waals surface area contributed by atoms with Crippen LogP contribution >= 0.6 is 0 Å². The number of amides is 1. The summed E-state index contributed by atoms with van der Waals surface area (Å²) >= 11 is 0. The van der Waals surface area contributed by atoms with Gasteiger partial charge in [-0.05, 0) is 30.7 Å². The maximum atomic E-state index is 12.4. The van der Waals surface area contributed by atoms with Crippen LogP contribution in [0.25, 0.3) is 11.0 Å². The van der Waals surface area contributed by atoms with Crippen LogP contribution in [0.3, 0.4) is 0 Å². The highest BCUT2D eigenvalue weighted by molar-refractivity contribution is 5.95. The zero-order valence-electron chi connectivity index (χ0n) is 13.3. The van der Waals surface area contributed by atoms with Crippen molar-refractivity contribution in [3.63, 3.8) is 0 Å². The molecule has 0 N–H and O–H groups in total. The number of hydrogen-bond donors (Lipinski definition) is 0. The lowest BCUT2D eigenvalue weighted by Gasteiger charge is -2.16. The van der Waals surface area contributed by atoms with Crippen LogP contribution in [0.2, 0.25) is 0 Å². The molecule has 0 unspecified atom stereocenters. The van der Waals surface area contributed by atoms with Crippen molar-refractivity contribution in [3.8, 4) is 5.75 Å². The Morgan fingerprint density at radius 3 is 2.65 bits per heavy atom. The number of fused-ring (bicyclic) bond motifs is 1. The lowest BCUT2D eigenvalue weighted by Crippen LogP contribution is -2.30. The second-order valence-corrected chi connectivity index (χ2v) is 5.49. The van der Waals surface area contributed by atoms with Crippen LogP contribution in [0.4, 0.5) is 0 Å². The first-order chi connectivity index (χ1) is 11.1. The third-order valence-electron chi connectivity index (χ3n) is 3.76. The summed E-state index contributed by atoms with van der Waals surface area (Å²) in [6, 6.07) is 17.2. The van der Waals surface area contributed by atoms with Gasteiger partial charge >= 0.3 is 0 Å². The molecule has 3 rings (SSSR count). The number of para-hydroxylation sites is 2. The molecule has 2 aromatic carbocycles. The fourth-order valence-electron chi connectivity index (χ4n) is 2.39. The van der Waals surface area contributed by atoms with Gasteiger partial charge in [-0.3, -0.25) is 4.79 Å². The fourth-order valence-corrected chi connectivity index (χ4v) is 2.39. The van der Waals surface area contributed by atoms with Crippen molar-refractivity contribution in [3.05, 3.63) is 65.9 Å². The van der Waals surface area contributed by atoms with Gasteiger partial charge in [-0.1, -0.05) is 36.4 Å². The standard InChI is InChI=1S/C19H19NO3/c1-14-7-3-5-9-16(14)22-12-11-20(2)19(21)18-13-15-8-4-6-10-17(15)23-18/h3-10,13H,11-12H2,1-2H3. The van der Waals surface area contributed by atoms with Gasteiger partial charge in [0.25, 0.3) is 5.91 Å². The molecule has 0 saturated heterocycles. The Labute approximate surface area is 135 Å². The number of likely N-dealkylation sites (N-methyl/N-ethyl adjacent to an activating group) is 1. The first-order valence-corrected chi connectivity index (χ1v) is 7.57. The summed E-state index contributed by atoms with van der Waals surface area (Å²) in [6.07, 6.45) is 0. The zero-order valence-corrected chi connectivity index (χ0v) is 13.3. The molecule has 118 valence electrons. The summed E-state index contributed by atoms with van der Waals surface area (Å²) in [5, 5.41) is 0.931. The Morgan fingerprint density at radius 1 is 1.13 bits per heavy atom. The van der Waals surface area contributed by atoms with Crippen molar-refractivity contribution >= 4 is 16.9 Å². The Balaban J connectivity index is 1.60. The smallest absolute Gasteiger partial charge is 0.289 e. The van der Waals surface area contributed by atoms with Crippen LogP contribution in [0.15, 0.2) is 59.0 Å². The topological polar surface area (TPSA) is 42.7 Å². The van der Waals surface area contributed by atoms with E-state index in [4.69, 9.17) is 9.15 Å². The molecule has 1 heterocycles. The summed E-state index contributed by atoms with van der Waals surface area (Å²) in [6.45, 7) is 2.93. The van der Waals surface area contributed by atoms with Gasteiger partial charge < -0.3 is 14.1 Å². The maximum Gasteiger partial charge on any atom is 0.289 e. The van der Waals surface area contributed by atoms with E-state index in [1.165, 1.54) is 0 Å². The van der Waals surface area contributed by atoms with E-state index in [1.807, 2.05) is 55.5 Å². The molecule has 0 radical (unpaired) electrons. The molecule has 0 aliphatic rings. The monoisotopic (exact) mass is 309 g/mol. The molecule has 0 saturated carbocycles. The number of carbonyl (C=O) groups is 1. The van der Waals surface area contributed by atoms with Gasteiger partial charge in [0.15, 0.2) is 5.76 Å². The van der Waals surface area contributed by atoms with Gasteiger partial charge in [-0.15, -0.1) is 0 Å². The number of nitrogens with zero attached hydrogens (tertiary/aromatic N) is 1. The number of benzene rings is 2. The second-order valence-electron chi connectivity index (χ2n) is 5.49. The van der Waals surface area contributed by atoms with Crippen molar-refractivity contribution in [1.82, 2.24) is 4.90 Å². The van der Waals surface area contributed by atoms with Crippen LogP contribution in [-0.2, 0) is 0 Å². The summed E-state index contributed by atoms with van der Waals surface area (Å²) in [5.74, 6) is 1.05. The first kappa shape index (κ1) is 15.2. The van der Waals surface area contributed by atoms with Crippen molar-refractivity contribution in [2.24, 2.45) is 0 Å². The number of carbonyl (C=O) groups excluding carboxylic acids is 1. The first-order valence-electron chi connectivity index (χ1n) is 7.57. The third-order valence-corrected chi connectivity index (χ3v) is 3.76. The predicted molar refractivity (Wildman–Crippen MR) is 89.8 cm³/mol. The highest BCUT2D eigenvalue weighted by Crippen LogP contribution is 2.20. The van der Waals surface area contributed by atoms with E-state index in [0.29, 0.717) is 18.9 Å². The van der Waals surface area contributed by atoms with Crippen molar-refractivity contribution in [2.45, 2.75) is 6.92 Å². The van der Waals surface area contributed by atoms with Gasteiger partial charge in [0.05, 0.1) is 6.54 Å². The average Bonchev–Trinajstić information content (AvgIpc) is 2.99. The Morgan fingerprint density at radius 2 is 1.87 bits per heavy atom. The Hall–Kier alpha value is -2.75. The number of hydrogen-bond acceptors (Lipinski definition) is 3. The van der Waals surface area contributed by atoms with Crippen LogP contribution in [0.1, 0.15) is 16.1 Å². The average molecular weight is 309 g/mol. The van der Waals surface area contributed by atoms with Crippen molar-refractivity contribution in [2.75, 3.05) is 20.2 Å². The van der Waals surface area contributed by atoms with Crippen molar-refractivity contribution in [1.29, 1.82) is 0 Å². The van der Waals surface area contributed by atoms with E-state index < -0.39 is 0 Å². The molecule has 4 heteroatoms. The molecule has 0 spiro atoms. The summed E-state index contributed by atoms with van der Waals surface area (Å²) in [5.41, 5.74) is 1.80. The molecule has 1 amide bonds. The van der Waals surface area contributed by atoms with Gasteiger partial charge in [-0.25, -0.2) is 0 Å². The highest BCUT2D eigenvalue weighted by atomic mass is 16.5. The minimum absolute atomic E-state index is 0.144. The van der Waals surface area contributed by atoms with Gasteiger partial charge in [0, 0.05) is 12.4 Å². The molecular weight excluding hydrogens is 290 g/mol. The third kappa shape index (κ3) is 3.37. The SMILES string of the molecule is Cc1ccccc1OCCN(C)C(=O)c1cc2ccccc2o1. The van der Waals surface area contributed by atoms with Crippen LogP contribution in [0, 0.1) is 6.92 Å². The number of aryl methyl sites for hydroxylation is 1.